The van der Waals surface area contributed by atoms with E-state index in [1.54, 1.807) is 0 Å². The maximum absolute atomic E-state index is 12.4. The van der Waals surface area contributed by atoms with Gasteiger partial charge in [-0.3, -0.25) is 4.79 Å². The molecule has 2 aliphatic carbocycles. The fourth-order valence-electron chi connectivity index (χ4n) is 4.08. The molecule has 0 radical (unpaired) electrons. The quantitative estimate of drug-likeness (QED) is 0.858. The Kier molecular flexibility index (Phi) is 4.88. The fraction of sp³-hybridized carbons (Fsp3) is 0.611. The molecule has 1 amide bonds. The molecule has 0 aromatic heterocycles. The second-order valence-electron chi connectivity index (χ2n) is 6.98. The van der Waals surface area contributed by atoms with Crippen LogP contribution in [0.1, 0.15) is 50.5 Å². The van der Waals surface area contributed by atoms with Gasteiger partial charge in [-0.2, -0.15) is 0 Å². The molecule has 0 bridgehead atoms. The van der Waals surface area contributed by atoms with Crippen LogP contribution in [-0.4, -0.2) is 18.5 Å². The summed E-state index contributed by atoms with van der Waals surface area (Å²) in [7, 11) is 0. The van der Waals surface area contributed by atoms with Gasteiger partial charge >= 0.3 is 0 Å². The number of nitrogens with two attached hydrogens (primary N) is 1. The molecular weight excluding hydrogens is 340 g/mol. The van der Waals surface area contributed by atoms with E-state index in [2.05, 4.69) is 45.5 Å². The summed E-state index contributed by atoms with van der Waals surface area (Å²) >= 11 is 3.50. The summed E-state index contributed by atoms with van der Waals surface area (Å²) in [6, 6.07) is 8.82. The van der Waals surface area contributed by atoms with Crippen LogP contribution >= 0.6 is 15.9 Å². The highest BCUT2D eigenvalue weighted by molar-refractivity contribution is 9.10. The lowest BCUT2D eigenvalue weighted by Crippen LogP contribution is -2.41. The highest BCUT2D eigenvalue weighted by atomic mass is 79.9. The highest BCUT2D eigenvalue weighted by Crippen LogP contribution is 2.41. The maximum Gasteiger partial charge on any atom is 0.223 e. The van der Waals surface area contributed by atoms with E-state index in [4.69, 9.17) is 5.73 Å². The molecule has 120 valence electrons. The third kappa shape index (κ3) is 3.38. The molecule has 3 rings (SSSR count). The number of halogens is 1. The summed E-state index contributed by atoms with van der Waals surface area (Å²) in [6.07, 6.45) is 7.60. The first-order valence-corrected chi connectivity index (χ1v) is 9.18. The Hall–Kier alpha value is -0.870. The molecule has 2 atom stereocenters. The topological polar surface area (TPSA) is 55.1 Å². The summed E-state index contributed by atoms with van der Waals surface area (Å²) in [4.78, 5) is 12.4. The number of carbonyl (C=O) groups excluding carboxylic acids is 1. The van der Waals surface area contributed by atoms with Gasteiger partial charge in [0.2, 0.25) is 5.91 Å². The molecule has 3 N–H and O–H groups in total. The molecule has 2 unspecified atom stereocenters. The number of nitrogens with one attached hydrogen (secondary N) is 1. The molecule has 2 saturated carbocycles. The number of rotatable bonds is 4. The Morgan fingerprint density at radius 3 is 2.50 bits per heavy atom. The Morgan fingerprint density at radius 1 is 1.23 bits per heavy atom. The summed E-state index contributed by atoms with van der Waals surface area (Å²) in [6.45, 7) is 0.763. The third-order valence-electron chi connectivity index (χ3n) is 5.46. The van der Waals surface area contributed by atoms with Gasteiger partial charge < -0.3 is 11.1 Å². The van der Waals surface area contributed by atoms with E-state index in [-0.39, 0.29) is 23.3 Å². The zero-order valence-electron chi connectivity index (χ0n) is 13.0. The van der Waals surface area contributed by atoms with Crippen molar-refractivity contribution in [3.05, 3.63) is 34.3 Å². The molecule has 0 aliphatic heterocycles. The number of hydrogen-bond acceptors (Lipinski definition) is 2. The van der Waals surface area contributed by atoms with E-state index in [0.29, 0.717) is 0 Å². The van der Waals surface area contributed by atoms with E-state index in [9.17, 15) is 4.79 Å². The molecule has 1 aromatic rings. The average Bonchev–Trinajstić information content (AvgIpc) is 3.15. The van der Waals surface area contributed by atoms with Crippen LogP contribution in [0.2, 0.25) is 0 Å². The van der Waals surface area contributed by atoms with Gasteiger partial charge in [0, 0.05) is 28.4 Å². The van der Waals surface area contributed by atoms with Crippen molar-refractivity contribution in [2.24, 2.45) is 11.7 Å². The lowest BCUT2D eigenvalue weighted by molar-refractivity contribution is -0.125. The second-order valence-corrected chi connectivity index (χ2v) is 7.90. The smallest absolute Gasteiger partial charge is 0.223 e. The molecule has 0 saturated heterocycles. The lowest BCUT2D eigenvalue weighted by atomic mass is 9.78. The summed E-state index contributed by atoms with van der Waals surface area (Å²) < 4.78 is 1.10. The molecule has 4 heteroatoms. The van der Waals surface area contributed by atoms with Crippen molar-refractivity contribution in [2.75, 3.05) is 6.54 Å². The standard InChI is InChI=1S/C18H25BrN2O/c19-15-6-4-14(5-7-15)18(9-1-2-10-18)12-21-17(22)13-3-8-16(20)11-13/h4-7,13,16H,1-3,8-12,20H2,(H,21,22). The first kappa shape index (κ1) is 16.0. The van der Waals surface area contributed by atoms with Crippen LogP contribution in [0.4, 0.5) is 0 Å². The van der Waals surface area contributed by atoms with Crippen molar-refractivity contribution >= 4 is 21.8 Å². The first-order valence-electron chi connectivity index (χ1n) is 8.38. The Labute approximate surface area is 141 Å². The predicted octanol–water partition coefficient (Wildman–Crippen LogP) is 3.50. The van der Waals surface area contributed by atoms with Gasteiger partial charge in [-0.25, -0.2) is 0 Å². The summed E-state index contributed by atoms with van der Waals surface area (Å²) in [5.74, 6) is 0.328. The Balaban J connectivity index is 1.67. The Morgan fingerprint density at radius 2 is 1.91 bits per heavy atom. The Bertz CT molecular complexity index is 522. The predicted molar refractivity (Wildman–Crippen MR) is 92.6 cm³/mol. The van der Waals surface area contributed by atoms with E-state index in [1.165, 1.54) is 31.2 Å². The molecule has 2 fully saturated rings. The molecule has 3 nitrogen and oxygen atoms in total. The first-order chi connectivity index (χ1) is 10.6. The molecule has 2 aliphatic rings. The summed E-state index contributed by atoms with van der Waals surface area (Å²) in [5, 5.41) is 3.23. The number of amides is 1. The fourth-order valence-corrected chi connectivity index (χ4v) is 4.34. The van der Waals surface area contributed by atoms with Gasteiger partial charge in [0.25, 0.3) is 0 Å². The van der Waals surface area contributed by atoms with Gasteiger partial charge in [0.15, 0.2) is 0 Å². The zero-order chi connectivity index (χ0) is 15.6. The normalized spacial score (nSPS) is 27.0. The van der Waals surface area contributed by atoms with Gasteiger partial charge in [0.05, 0.1) is 0 Å². The molecule has 1 aromatic carbocycles. The lowest BCUT2D eigenvalue weighted by Gasteiger charge is -2.30. The van der Waals surface area contributed by atoms with Gasteiger partial charge in [-0.05, 0) is 49.8 Å². The van der Waals surface area contributed by atoms with Crippen LogP contribution in [0.25, 0.3) is 0 Å². The van der Waals surface area contributed by atoms with Crippen molar-refractivity contribution in [3.63, 3.8) is 0 Å². The van der Waals surface area contributed by atoms with E-state index in [0.717, 1.165) is 30.3 Å². The minimum absolute atomic E-state index is 0.122. The largest absolute Gasteiger partial charge is 0.355 e. The molecule has 0 heterocycles. The van der Waals surface area contributed by atoms with E-state index in [1.807, 2.05) is 0 Å². The van der Waals surface area contributed by atoms with Crippen LogP contribution < -0.4 is 11.1 Å². The zero-order valence-corrected chi connectivity index (χ0v) is 14.6. The van der Waals surface area contributed by atoms with Crippen LogP contribution in [0.3, 0.4) is 0 Å². The summed E-state index contributed by atoms with van der Waals surface area (Å²) in [5.41, 5.74) is 7.41. The van der Waals surface area contributed by atoms with Gasteiger partial charge in [-0.15, -0.1) is 0 Å². The van der Waals surface area contributed by atoms with Crippen LogP contribution in [-0.2, 0) is 10.2 Å². The molecule has 0 spiro atoms. The maximum atomic E-state index is 12.4. The highest BCUT2D eigenvalue weighted by Gasteiger charge is 2.37. The average molecular weight is 365 g/mol. The van der Waals surface area contributed by atoms with Crippen molar-refractivity contribution < 1.29 is 4.79 Å². The minimum Gasteiger partial charge on any atom is -0.355 e. The van der Waals surface area contributed by atoms with Crippen molar-refractivity contribution in [3.8, 4) is 0 Å². The number of carbonyl (C=O) groups is 1. The van der Waals surface area contributed by atoms with E-state index < -0.39 is 0 Å². The number of hydrogen-bond donors (Lipinski definition) is 2. The van der Waals surface area contributed by atoms with E-state index >= 15 is 0 Å². The van der Waals surface area contributed by atoms with Gasteiger partial charge in [-0.1, -0.05) is 40.9 Å². The minimum atomic E-state index is 0.122. The SMILES string of the molecule is NC1CCC(C(=O)NCC2(c3ccc(Br)cc3)CCCC2)C1. The van der Waals surface area contributed by atoms with Gasteiger partial charge in [0.1, 0.15) is 0 Å². The van der Waals surface area contributed by atoms with Crippen LogP contribution in [0, 0.1) is 5.92 Å². The number of benzene rings is 1. The van der Waals surface area contributed by atoms with Crippen molar-refractivity contribution in [1.82, 2.24) is 5.32 Å². The molecule has 22 heavy (non-hydrogen) atoms. The van der Waals surface area contributed by atoms with Crippen LogP contribution in [0.5, 0.6) is 0 Å². The monoisotopic (exact) mass is 364 g/mol. The van der Waals surface area contributed by atoms with Crippen LogP contribution in [0.15, 0.2) is 28.7 Å². The van der Waals surface area contributed by atoms with Crippen molar-refractivity contribution in [1.29, 1.82) is 0 Å². The molecular formula is C18H25BrN2O. The second kappa shape index (κ2) is 6.71. The third-order valence-corrected chi connectivity index (χ3v) is 5.99. The van der Waals surface area contributed by atoms with Crippen molar-refractivity contribution in [2.45, 2.75) is 56.4 Å².